The van der Waals surface area contributed by atoms with Crippen LogP contribution in [-0.4, -0.2) is 104 Å². The van der Waals surface area contributed by atoms with Crippen molar-refractivity contribution in [1.82, 2.24) is 34.2 Å². The summed E-state index contributed by atoms with van der Waals surface area (Å²) in [7, 11) is 0. The van der Waals surface area contributed by atoms with E-state index in [4.69, 9.17) is 15.2 Å². The van der Waals surface area contributed by atoms with Crippen molar-refractivity contribution in [2.24, 2.45) is 5.73 Å². The minimum absolute atomic E-state index is 0.0817. The number of hydrogen-bond acceptors (Lipinski definition) is 10. The maximum absolute atomic E-state index is 13.7. The van der Waals surface area contributed by atoms with E-state index in [-0.39, 0.29) is 45.6 Å². The van der Waals surface area contributed by atoms with Crippen LogP contribution in [0.1, 0.15) is 32.9 Å². The number of rotatable bonds is 9. The van der Waals surface area contributed by atoms with Crippen LogP contribution in [0.4, 0.5) is 14.5 Å². The van der Waals surface area contributed by atoms with Crippen molar-refractivity contribution in [3.05, 3.63) is 59.5 Å². The third-order valence-electron chi connectivity index (χ3n) is 8.54. The minimum Gasteiger partial charge on any atom is -0.434 e. The molecule has 4 aromatic heterocycles. The summed E-state index contributed by atoms with van der Waals surface area (Å²) in [5, 5.41) is 12.0. The molecule has 2 saturated heterocycles. The molecule has 2 aliphatic rings. The second-order valence-corrected chi connectivity index (χ2v) is 12.6. The molecule has 17 heteroatoms. The van der Waals surface area contributed by atoms with Crippen molar-refractivity contribution in [2.75, 3.05) is 44.7 Å². The predicted octanol–water partition coefficient (Wildman–Crippen LogP) is 3.08. The molecule has 3 amide bonds. The van der Waals surface area contributed by atoms with E-state index >= 15 is 0 Å². The monoisotopic (exact) mass is 679 g/mol. The Hall–Kier alpha value is -5.00. The number of carbonyl (C=O) groups excluding carboxylic acids is 3. The topological polar surface area (TPSA) is 162 Å². The van der Waals surface area contributed by atoms with Gasteiger partial charge in [-0.2, -0.15) is 19.0 Å². The van der Waals surface area contributed by atoms with Gasteiger partial charge in [0.2, 0.25) is 5.91 Å². The van der Waals surface area contributed by atoms with E-state index in [1.54, 1.807) is 23.2 Å². The number of alkyl halides is 2. The van der Waals surface area contributed by atoms with Crippen LogP contribution in [0.2, 0.25) is 0 Å². The first-order valence-electron chi connectivity index (χ1n) is 15.3. The largest absolute Gasteiger partial charge is 0.434 e. The number of likely N-dealkylation sites (tertiary alicyclic amines) is 1. The van der Waals surface area contributed by atoms with Crippen molar-refractivity contribution in [3.8, 4) is 17.0 Å². The first-order valence-corrected chi connectivity index (χ1v) is 16.1. The fraction of sp³-hybridized carbons (Fsp3) is 0.355. The van der Waals surface area contributed by atoms with Crippen molar-refractivity contribution in [2.45, 2.75) is 32.0 Å². The Balaban J connectivity index is 1.21. The number of fused-ring (bicyclic) bond motifs is 2. The number of morpholine rings is 1. The molecule has 14 nitrogen and oxygen atoms in total. The summed E-state index contributed by atoms with van der Waals surface area (Å²) in [6, 6.07) is 6.46. The number of nitrogens with one attached hydrogen (secondary N) is 1. The number of halogens is 2. The van der Waals surface area contributed by atoms with Gasteiger partial charge >= 0.3 is 6.61 Å². The van der Waals surface area contributed by atoms with Gasteiger partial charge in [0.25, 0.3) is 11.8 Å². The summed E-state index contributed by atoms with van der Waals surface area (Å²) >= 11 is 1.08. The zero-order valence-corrected chi connectivity index (χ0v) is 26.4. The zero-order valence-electron chi connectivity index (χ0n) is 25.6. The lowest BCUT2D eigenvalue weighted by atomic mass is 10.0. The molecule has 6 heterocycles. The maximum atomic E-state index is 13.7. The predicted molar refractivity (Wildman–Crippen MR) is 171 cm³/mol. The van der Waals surface area contributed by atoms with E-state index < -0.39 is 18.4 Å². The SMILES string of the molecule is NC(=O)c1cc2cc(OC(F)F)c(-c3nn(CC(=O)N4CCC(N5CCOCC5)CC4)cc3NC(=O)c3cnn4cccnc34)cc2s1. The summed E-state index contributed by atoms with van der Waals surface area (Å²) < 4.78 is 41.0. The van der Waals surface area contributed by atoms with Gasteiger partial charge in [0.1, 0.15) is 23.6 Å². The zero-order chi connectivity index (χ0) is 33.4. The lowest BCUT2D eigenvalue weighted by molar-refractivity contribution is -0.133. The summed E-state index contributed by atoms with van der Waals surface area (Å²) in [5.41, 5.74) is 6.28. The van der Waals surface area contributed by atoms with Crippen molar-refractivity contribution in [3.63, 3.8) is 0 Å². The Kier molecular flexibility index (Phi) is 8.72. The number of nitrogens with zero attached hydrogens (tertiary/aromatic N) is 7. The van der Waals surface area contributed by atoms with E-state index in [9.17, 15) is 23.2 Å². The number of benzene rings is 1. The van der Waals surface area contributed by atoms with E-state index in [0.717, 1.165) is 37.3 Å². The number of nitrogens with two attached hydrogens (primary N) is 1. The van der Waals surface area contributed by atoms with Crippen LogP contribution in [0, 0.1) is 0 Å². The van der Waals surface area contributed by atoms with Crippen molar-refractivity contribution in [1.29, 1.82) is 0 Å². The molecule has 2 aliphatic heterocycles. The Morgan fingerprint density at radius 1 is 1.12 bits per heavy atom. The summed E-state index contributed by atoms with van der Waals surface area (Å²) in [4.78, 5) is 47.5. The van der Waals surface area contributed by atoms with E-state index in [2.05, 4.69) is 25.4 Å². The number of piperidine rings is 1. The lowest BCUT2D eigenvalue weighted by Crippen LogP contribution is -2.50. The molecular formula is C31H31F2N9O5S. The van der Waals surface area contributed by atoms with E-state index in [0.29, 0.717) is 48.1 Å². The van der Waals surface area contributed by atoms with Gasteiger partial charge < -0.3 is 25.4 Å². The van der Waals surface area contributed by atoms with Crippen LogP contribution >= 0.6 is 11.3 Å². The number of anilines is 1. The number of ether oxygens (including phenoxy) is 2. The van der Waals surface area contributed by atoms with E-state index in [1.807, 2.05) is 0 Å². The smallest absolute Gasteiger partial charge is 0.387 e. The number of amides is 3. The molecule has 7 rings (SSSR count). The second kappa shape index (κ2) is 13.2. The van der Waals surface area contributed by atoms with Crippen molar-refractivity contribution < 1.29 is 32.6 Å². The number of thiophene rings is 1. The molecule has 1 aromatic carbocycles. The average molecular weight is 680 g/mol. The lowest BCUT2D eigenvalue weighted by Gasteiger charge is -2.40. The van der Waals surface area contributed by atoms with Crippen LogP contribution in [0.25, 0.3) is 27.0 Å². The molecule has 0 aliphatic carbocycles. The maximum Gasteiger partial charge on any atom is 0.387 e. The van der Waals surface area contributed by atoms with Gasteiger partial charge in [0, 0.05) is 61.1 Å². The highest BCUT2D eigenvalue weighted by molar-refractivity contribution is 7.20. The Bertz CT molecular complexity index is 2000. The molecule has 0 atom stereocenters. The molecular weight excluding hydrogens is 648 g/mol. The molecule has 3 N–H and O–H groups in total. The van der Waals surface area contributed by atoms with Gasteiger partial charge in [-0.3, -0.25) is 24.0 Å². The number of aromatic nitrogens is 5. The van der Waals surface area contributed by atoms with Gasteiger partial charge in [0.05, 0.1) is 30.0 Å². The standard InChI is InChI=1S/C31H31F2N9O5S/c32-31(33)47-23-12-18-13-25(28(34)44)48-24(18)14-20(23)27-22(37-30(45)21-15-36-42-5-1-4-35-29(21)42)16-41(38-27)17-26(43)40-6-2-19(3-7-40)39-8-10-46-11-9-39/h1,4-5,12-16,19,31H,2-3,6-11,17H2,(H2,34,44)(H,37,45). The first kappa shape index (κ1) is 31.6. The summed E-state index contributed by atoms with van der Waals surface area (Å²) in [5.74, 6) is -1.65. The Morgan fingerprint density at radius 2 is 1.92 bits per heavy atom. The molecule has 0 bridgehead atoms. The van der Waals surface area contributed by atoms with Gasteiger partial charge in [-0.25, -0.2) is 9.50 Å². The van der Waals surface area contributed by atoms with E-state index in [1.165, 1.54) is 39.9 Å². The molecule has 250 valence electrons. The molecule has 0 radical (unpaired) electrons. The minimum atomic E-state index is -3.18. The number of carbonyl (C=O) groups is 3. The molecule has 48 heavy (non-hydrogen) atoms. The first-order chi connectivity index (χ1) is 23.2. The molecule has 0 saturated carbocycles. The molecule has 2 fully saturated rings. The fourth-order valence-electron chi connectivity index (χ4n) is 6.20. The van der Waals surface area contributed by atoms with Crippen LogP contribution in [0.5, 0.6) is 5.75 Å². The number of hydrogen-bond donors (Lipinski definition) is 2. The highest BCUT2D eigenvalue weighted by Crippen LogP contribution is 2.40. The van der Waals surface area contributed by atoms with Crippen LogP contribution < -0.4 is 15.8 Å². The highest BCUT2D eigenvalue weighted by Gasteiger charge is 2.29. The number of primary amides is 1. The van der Waals surface area contributed by atoms with Crippen LogP contribution in [0.15, 0.2) is 49.1 Å². The highest BCUT2D eigenvalue weighted by atomic mass is 32.1. The normalized spacial score (nSPS) is 16.2. The molecule has 0 unspecified atom stereocenters. The Labute approximate surface area is 276 Å². The van der Waals surface area contributed by atoms with Crippen LogP contribution in [-0.2, 0) is 16.1 Å². The summed E-state index contributed by atoms with van der Waals surface area (Å²) in [6.45, 7) is 1.03. The van der Waals surface area contributed by atoms with Crippen LogP contribution in [0.3, 0.4) is 0 Å². The fourth-order valence-corrected chi connectivity index (χ4v) is 7.13. The second-order valence-electron chi connectivity index (χ2n) is 11.5. The molecule has 5 aromatic rings. The quantitative estimate of drug-likeness (QED) is 0.239. The Morgan fingerprint density at radius 3 is 2.67 bits per heavy atom. The van der Waals surface area contributed by atoms with Gasteiger partial charge in [0.15, 0.2) is 5.65 Å². The van der Waals surface area contributed by atoms with Gasteiger partial charge in [-0.05, 0) is 42.5 Å². The van der Waals surface area contributed by atoms with Crippen molar-refractivity contribution >= 4 is 50.5 Å². The summed E-state index contributed by atoms with van der Waals surface area (Å²) in [6.07, 6.45) is 7.69. The van der Waals surface area contributed by atoms with Gasteiger partial charge in [-0.15, -0.1) is 11.3 Å². The molecule has 0 spiro atoms. The third-order valence-corrected chi connectivity index (χ3v) is 9.66. The van der Waals surface area contributed by atoms with Gasteiger partial charge in [-0.1, -0.05) is 0 Å². The third kappa shape index (κ3) is 6.43. The average Bonchev–Trinajstić information content (AvgIpc) is 3.81.